The molecule has 1 heterocycles. The van der Waals surface area contributed by atoms with Crippen LogP contribution in [0.4, 0.5) is 10.8 Å². The number of rotatable bonds is 4. The fraction of sp³-hybridized carbons (Fsp3) is 0. The molecule has 0 spiro atoms. The van der Waals surface area contributed by atoms with E-state index in [0.29, 0.717) is 10.8 Å². The minimum atomic E-state index is -3.65. The van der Waals surface area contributed by atoms with E-state index >= 15 is 0 Å². The Hall–Kier alpha value is -2.09. The van der Waals surface area contributed by atoms with E-state index < -0.39 is 10.0 Å². The van der Waals surface area contributed by atoms with Crippen molar-refractivity contribution >= 4 is 32.2 Å². The van der Waals surface area contributed by atoms with Gasteiger partial charge in [0.05, 0.1) is 4.90 Å². The van der Waals surface area contributed by atoms with Crippen LogP contribution in [0.2, 0.25) is 0 Å². The second-order valence-corrected chi connectivity index (χ2v) is 5.70. The minimum absolute atomic E-state index is 0.0783. The Morgan fingerprint density at radius 1 is 1.33 bits per heavy atom. The number of nitrogens with zero attached hydrogens (tertiary/aromatic N) is 4. The number of nitrogens with one attached hydrogen (secondary N) is 1. The smallest absolute Gasteiger partial charge is 0.255 e. The van der Waals surface area contributed by atoms with Crippen molar-refractivity contribution in [3.05, 3.63) is 46.3 Å². The second kappa shape index (κ2) is 5.05. The summed E-state index contributed by atoms with van der Waals surface area (Å²) in [7, 11) is -3.65. The number of benzene rings is 1. The molecule has 1 N–H and O–H groups in total. The van der Waals surface area contributed by atoms with Gasteiger partial charge >= 0.3 is 0 Å². The maximum absolute atomic E-state index is 11.9. The molecule has 0 aliphatic heterocycles. The molecule has 92 valence electrons. The molecular formula is C9H7N5O2S2. The Balaban J connectivity index is 2.27. The SMILES string of the molecule is [N-]=[N+]=Nc1ccc(S(=O)(=O)Nc2nccs2)cc1. The molecule has 2 aromatic rings. The Kier molecular flexibility index (Phi) is 3.47. The van der Waals surface area contributed by atoms with Crippen LogP contribution in [0.15, 0.2) is 45.9 Å². The van der Waals surface area contributed by atoms with Gasteiger partial charge in [-0.2, -0.15) is 0 Å². The highest BCUT2D eigenvalue weighted by atomic mass is 32.2. The first-order chi connectivity index (χ1) is 8.62. The van der Waals surface area contributed by atoms with E-state index in [-0.39, 0.29) is 4.90 Å². The monoisotopic (exact) mass is 281 g/mol. The summed E-state index contributed by atoms with van der Waals surface area (Å²) in [4.78, 5) is 6.52. The lowest BCUT2D eigenvalue weighted by Crippen LogP contribution is -2.12. The molecule has 2 rings (SSSR count). The van der Waals surface area contributed by atoms with Gasteiger partial charge in [0.25, 0.3) is 10.0 Å². The van der Waals surface area contributed by atoms with Gasteiger partial charge in [-0.25, -0.2) is 13.4 Å². The summed E-state index contributed by atoms with van der Waals surface area (Å²) in [5, 5.41) is 5.33. The lowest BCUT2D eigenvalue weighted by atomic mass is 10.3. The molecule has 0 atom stereocenters. The highest BCUT2D eigenvalue weighted by Crippen LogP contribution is 2.20. The summed E-state index contributed by atoms with van der Waals surface area (Å²) in [6.07, 6.45) is 1.51. The molecule has 18 heavy (non-hydrogen) atoms. The highest BCUT2D eigenvalue weighted by Gasteiger charge is 2.14. The standard InChI is InChI=1S/C9H7N5O2S2/c10-14-12-7-1-3-8(4-2-7)18(15,16)13-9-11-5-6-17-9/h1-6H,(H,11,13). The van der Waals surface area contributed by atoms with E-state index in [1.807, 2.05) is 0 Å². The van der Waals surface area contributed by atoms with Gasteiger partial charge in [0.1, 0.15) is 0 Å². The van der Waals surface area contributed by atoms with Crippen LogP contribution in [0, 0.1) is 0 Å². The third-order valence-electron chi connectivity index (χ3n) is 1.96. The molecule has 0 saturated carbocycles. The number of aromatic nitrogens is 1. The van der Waals surface area contributed by atoms with Gasteiger partial charge in [-0.1, -0.05) is 17.2 Å². The van der Waals surface area contributed by atoms with Crippen LogP contribution >= 0.6 is 11.3 Å². The van der Waals surface area contributed by atoms with Gasteiger partial charge in [-0.05, 0) is 17.7 Å². The van der Waals surface area contributed by atoms with Crippen molar-refractivity contribution in [3.8, 4) is 0 Å². The fourth-order valence-corrected chi connectivity index (χ4v) is 2.98. The third kappa shape index (κ3) is 2.77. The molecule has 1 aromatic heterocycles. The van der Waals surface area contributed by atoms with Crippen molar-refractivity contribution in [1.82, 2.24) is 4.98 Å². The van der Waals surface area contributed by atoms with E-state index in [1.54, 1.807) is 5.38 Å². The molecule has 0 aliphatic rings. The molecule has 0 bridgehead atoms. The highest BCUT2D eigenvalue weighted by molar-refractivity contribution is 7.93. The van der Waals surface area contributed by atoms with E-state index in [9.17, 15) is 8.42 Å². The molecule has 9 heteroatoms. The summed E-state index contributed by atoms with van der Waals surface area (Å²) in [6.45, 7) is 0. The van der Waals surface area contributed by atoms with Gasteiger partial charge in [0.2, 0.25) is 0 Å². The van der Waals surface area contributed by atoms with Crippen LogP contribution in [-0.4, -0.2) is 13.4 Å². The second-order valence-electron chi connectivity index (χ2n) is 3.13. The third-order valence-corrected chi connectivity index (χ3v) is 4.13. The number of hydrogen-bond donors (Lipinski definition) is 1. The lowest BCUT2D eigenvalue weighted by molar-refractivity contribution is 0.601. The predicted octanol–water partition coefficient (Wildman–Crippen LogP) is 2.89. The minimum Gasteiger partial charge on any atom is -0.255 e. The quantitative estimate of drug-likeness (QED) is 0.528. The van der Waals surface area contributed by atoms with Crippen molar-refractivity contribution in [2.75, 3.05) is 4.72 Å². The lowest BCUT2D eigenvalue weighted by Gasteiger charge is -2.04. The number of azide groups is 1. The van der Waals surface area contributed by atoms with Crippen molar-refractivity contribution < 1.29 is 8.42 Å². The average molecular weight is 281 g/mol. The van der Waals surface area contributed by atoms with Crippen LogP contribution in [0.25, 0.3) is 10.4 Å². The molecule has 0 aliphatic carbocycles. The normalized spacial score (nSPS) is 10.7. The maximum Gasteiger partial charge on any atom is 0.263 e. The van der Waals surface area contributed by atoms with Crippen molar-refractivity contribution in [2.24, 2.45) is 5.11 Å². The Morgan fingerprint density at radius 3 is 2.61 bits per heavy atom. The average Bonchev–Trinajstić information content (AvgIpc) is 2.82. The van der Waals surface area contributed by atoms with Crippen LogP contribution in [0.1, 0.15) is 0 Å². The largest absolute Gasteiger partial charge is 0.263 e. The molecule has 0 saturated heterocycles. The Morgan fingerprint density at radius 2 is 2.06 bits per heavy atom. The first kappa shape index (κ1) is 12.4. The molecule has 0 radical (unpaired) electrons. The van der Waals surface area contributed by atoms with Crippen LogP contribution in [0.5, 0.6) is 0 Å². The number of thiazole rings is 1. The first-order valence-corrected chi connectivity index (χ1v) is 7.05. The summed E-state index contributed by atoms with van der Waals surface area (Å²) >= 11 is 1.19. The van der Waals surface area contributed by atoms with Crippen LogP contribution in [-0.2, 0) is 10.0 Å². The summed E-state index contributed by atoms with van der Waals surface area (Å²) < 4.78 is 26.2. The number of sulfonamides is 1. The molecule has 0 unspecified atom stereocenters. The first-order valence-electron chi connectivity index (χ1n) is 4.69. The molecule has 7 nitrogen and oxygen atoms in total. The molecular weight excluding hydrogens is 274 g/mol. The van der Waals surface area contributed by atoms with Crippen molar-refractivity contribution in [1.29, 1.82) is 0 Å². The Bertz CT molecular complexity index is 672. The number of hydrogen-bond acceptors (Lipinski definition) is 5. The van der Waals surface area contributed by atoms with E-state index in [2.05, 4.69) is 19.7 Å². The van der Waals surface area contributed by atoms with E-state index in [1.165, 1.54) is 41.8 Å². The van der Waals surface area contributed by atoms with Crippen molar-refractivity contribution in [2.45, 2.75) is 4.90 Å². The number of anilines is 1. The zero-order valence-electron chi connectivity index (χ0n) is 8.89. The van der Waals surface area contributed by atoms with E-state index in [4.69, 9.17) is 5.53 Å². The van der Waals surface area contributed by atoms with Gasteiger partial charge in [0.15, 0.2) is 5.13 Å². The van der Waals surface area contributed by atoms with Crippen LogP contribution in [0.3, 0.4) is 0 Å². The molecule has 1 aromatic carbocycles. The van der Waals surface area contributed by atoms with Crippen LogP contribution < -0.4 is 4.72 Å². The van der Waals surface area contributed by atoms with E-state index in [0.717, 1.165) is 0 Å². The zero-order chi connectivity index (χ0) is 13.0. The predicted molar refractivity (Wildman–Crippen MR) is 68.2 cm³/mol. The van der Waals surface area contributed by atoms with Gasteiger partial charge < -0.3 is 0 Å². The van der Waals surface area contributed by atoms with Gasteiger partial charge in [-0.3, -0.25) is 4.72 Å². The molecule has 0 amide bonds. The van der Waals surface area contributed by atoms with Crippen molar-refractivity contribution in [3.63, 3.8) is 0 Å². The van der Waals surface area contributed by atoms with Gasteiger partial charge in [-0.15, -0.1) is 11.3 Å². The fourth-order valence-electron chi connectivity index (χ4n) is 1.19. The maximum atomic E-state index is 11.9. The molecule has 0 fully saturated rings. The summed E-state index contributed by atoms with van der Waals surface area (Å²) in [5.74, 6) is 0. The Labute approximate surface area is 107 Å². The zero-order valence-corrected chi connectivity index (χ0v) is 10.5. The topological polar surface area (TPSA) is 108 Å². The van der Waals surface area contributed by atoms with Gasteiger partial charge in [0, 0.05) is 22.2 Å². The summed E-state index contributed by atoms with van der Waals surface area (Å²) in [6, 6.07) is 5.58. The summed E-state index contributed by atoms with van der Waals surface area (Å²) in [5.41, 5.74) is 8.59.